The average Bonchev–Trinajstić information content (AvgIpc) is 3.21. The van der Waals surface area contributed by atoms with E-state index in [2.05, 4.69) is 15.2 Å². The summed E-state index contributed by atoms with van der Waals surface area (Å²) in [7, 11) is 1.57. The maximum absolute atomic E-state index is 13.5. The molecular weight excluding hydrogens is 448 g/mol. The van der Waals surface area contributed by atoms with E-state index in [1.807, 2.05) is 23.6 Å². The van der Waals surface area contributed by atoms with Gasteiger partial charge in [-0.25, -0.2) is 4.79 Å². The minimum absolute atomic E-state index is 0.0395. The van der Waals surface area contributed by atoms with Crippen LogP contribution in [0.25, 0.3) is 10.9 Å². The zero-order valence-corrected chi connectivity index (χ0v) is 20.2. The van der Waals surface area contributed by atoms with Crippen molar-refractivity contribution in [2.75, 3.05) is 32.1 Å². The average molecular weight is 479 g/mol. The van der Waals surface area contributed by atoms with E-state index in [0.29, 0.717) is 41.3 Å². The molecule has 4 heterocycles. The highest BCUT2D eigenvalue weighted by molar-refractivity contribution is 6.12. The summed E-state index contributed by atoms with van der Waals surface area (Å²) in [4.78, 5) is 43.7. The Bertz CT molecular complexity index is 1340. The second kappa shape index (κ2) is 9.22. The Kier molecular flexibility index (Phi) is 6.10. The van der Waals surface area contributed by atoms with Crippen LogP contribution in [0.5, 0.6) is 5.75 Å². The van der Waals surface area contributed by atoms with Gasteiger partial charge in [0.2, 0.25) is 5.91 Å². The number of hydrogen-bond acceptors (Lipinski definition) is 6. The first kappa shape index (κ1) is 23.2. The van der Waals surface area contributed by atoms with Gasteiger partial charge >= 0.3 is 5.97 Å². The number of rotatable bonds is 6. The molecule has 0 radical (unpaired) electrons. The fraction of sp³-hybridized carbons (Fsp3) is 0.423. The number of esters is 1. The van der Waals surface area contributed by atoms with Gasteiger partial charge in [0, 0.05) is 48.2 Å². The molecule has 3 atom stereocenters. The van der Waals surface area contributed by atoms with Gasteiger partial charge in [0.1, 0.15) is 11.4 Å². The topological polar surface area (TPSA) is 106 Å². The van der Waals surface area contributed by atoms with Crippen molar-refractivity contribution in [2.24, 2.45) is 5.92 Å². The van der Waals surface area contributed by atoms with Crippen molar-refractivity contribution >= 4 is 28.5 Å². The molecule has 2 aliphatic heterocycles. The fourth-order valence-corrected chi connectivity index (χ4v) is 5.43. The first-order chi connectivity index (χ1) is 16.9. The Labute approximate surface area is 203 Å². The maximum atomic E-state index is 13.5. The van der Waals surface area contributed by atoms with Gasteiger partial charge < -0.3 is 24.3 Å². The molecule has 1 aromatic carbocycles. The van der Waals surface area contributed by atoms with Gasteiger partial charge in [-0.3, -0.25) is 14.5 Å². The fourth-order valence-electron chi connectivity index (χ4n) is 5.43. The number of likely N-dealkylation sites (tertiary alicyclic amines) is 1. The summed E-state index contributed by atoms with van der Waals surface area (Å²) >= 11 is 0. The molecule has 3 aromatic rings. The van der Waals surface area contributed by atoms with Gasteiger partial charge in [0.15, 0.2) is 0 Å². The molecule has 9 nitrogen and oxygen atoms in total. The number of methoxy groups -OCH3 is 1. The lowest BCUT2D eigenvalue weighted by Gasteiger charge is -2.44. The summed E-state index contributed by atoms with van der Waals surface area (Å²) in [5.41, 5.74) is 2.38. The van der Waals surface area contributed by atoms with Crippen molar-refractivity contribution in [1.82, 2.24) is 14.5 Å². The van der Waals surface area contributed by atoms with Crippen LogP contribution in [-0.4, -0.2) is 59.2 Å². The van der Waals surface area contributed by atoms with Gasteiger partial charge in [-0.2, -0.15) is 0 Å². The lowest BCUT2D eigenvalue weighted by Crippen LogP contribution is -2.52. The van der Waals surface area contributed by atoms with Crippen molar-refractivity contribution in [2.45, 2.75) is 38.8 Å². The molecule has 184 valence electrons. The number of amides is 1. The molecule has 0 spiro atoms. The van der Waals surface area contributed by atoms with Crippen molar-refractivity contribution < 1.29 is 19.1 Å². The molecule has 0 saturated carbocycles. The number of aromatic nitrogens is 2. The molecule has 2 aliphatic rings. The maximum Gasteiger partial charge on any atom is 0.356 e. The number of nitrogens with one attached hydrogen (secondary N) is 2. The van der Waals surface area contributed by atoms with Crippen LogP contribution < -0.4 is 15.6 Å². The van der Waals surface area contributed by atoms with Crippen LogP contribution in [0.1, 0.15) is 42.4 Å². The van der Waals surface area contributed by atoms with Gasteiger partial charge in [0.05, 0.1) is 25.4 Å². The Morgan fingerprint density at radius 3 is 2.80 bits per heavy atom. The number of carbonyl (C=O) groups is 2. The van der Waals surface area contributed by atoms with E-state index in [9.17, 15) is 14.4 Å². The third-order valence-electron chi connectivity index (χ3n) is 7.17. The molecule has 1 saturated heterocycles. The van der Waals surface area contributed by atoms with Crippen molar-refractivity contribution in [3.8, 4) is 5.75 Å². The molecule has 0 aliphatic carbocycles. The van der Waals surface area contributed by atoms with E-state index in [1.54, 1.807) is 38.3 Å². The summed E-state index contributed by atoms with van der Waals surface area (Å²) in [5, 5.41) is 3.67. The lowest BCUT2D eigenvalue weighted by molar-refractivity contribution is -0.121. The lowest BCUT2D eigenvalue weighted by atomic mass is 9.82. The summed E-state index contributed by atoms with van der Waals surface area (Å²) < 4.78 is 12.4. The zero-order chi connectivity index (χ0) is 24.7. The minimum atomic E-state index is -0.528. The van der Waals surface area contributed by atoms with E-state index in [-0.39, 0.29) is 29.7 Å². The number of piperidine rings is 1. The Morgan fingerprint density at radius 1 is 1.20 bits per heavy atom. The van der Waals surface area contributed by atoms with Crippen LogP contribution in [0, 0.1) is 5.92 Å². The first-order valence-electron chi connectivity index (χ1n) is 12.0. The molecular formula is C26H30N4O5. The summed E-state index contributed by atoms with van der Waals surface area (Å²) in [5.74, 6) is 0.404. The monoisotopic (exact) mass is 478 g/mol. The molecule has 2 N–H and O–H groups in total. The Hall–Kier alpha value is -3.59. The van der Waals surface area contributed by atoms with Crippen molar-refractivity contribution in [3.63, 3.8) is 0 Å². The third kappa shape index (κ3) is 4.20. The minimum Gasteiger partial charge on any atom is -0.497 e. The number of ether oxygens (including phenoxy) is 2. The van der Waals surface area contributed by atoms with Crippen LogP contribution in [-0.2, 0) is 16.1 Å². The van der Waals surface area contributed by atoms with Crippen LogP contribution in [0.3, 0.4) is 0 Å². The second-order valence-corrected chi connectivity index (χ2v) is 9.32. The molecule has 35 heavy (non-hydrogen) atoms. The van der Waals surface area contributed by atoms with E-state index in [4.69, 9.17) is 9.47 Å². The van der Waals surface area contributed by atoms with Crippen LogP contribution >= 0.6 is 0 Å². The number of pyridine rings is 1. The highest BCUT2D eigenvalue weighted by Crippen LogP contribution is 2.36. The molecule has 2 bridgehead atoms. The number of hydrogen-bond donors (Lipinski definition) is 2. The molecule has 5 rings (SSSR count). The van der Waals surface area contributed by atoms with Crippen molar-refractivity contribution in [3.05, 3.63) is 58.1 Å². The predicted molar refractivity (Wildman–Crippen MR) is 132 cm³/mol. The van der Waals surface area contributed by atoms with Crippen LogP contribution in [0.4, 0.5) is 5.69 Å². The number of H-pyrrole nitrogens is 1. The normalized spacial score (nSPS) is 20.2. The molecule has 9 heteroatoms. The van der Waals surface area contributed by atoms with Crippen LogP contribution in [0.2, 0.25) is 0 Å². The highest BCUT2D eigenvalue weighted by atomic mass is 16.5. The number of fused-ring (bicyclic) bond motifs is 5. The molecule has 0 unspecified atom stereocenters. The van der Waals surface area contributed by atoms with Gasteiger partial charge in [-0.1, -0.05) is 6.07 Å². The second-order valence-electron chi connectivity index (χ2n) is 9.32. The molecule has 1 fully saturated rings. The van der Waals surface area contributed by atoms with E-state index in [1.165, 1.54) is 0 Å². The Balaban J connectivity index is 1.41. The van der Waals surface area contributed by atoms with Gasteiger partial charge in [0.25, 0.3) is 5.56 Å². The number of carbonyl (C=O) groups excluding carboxylic acids is 2. The molecule has 2 aromatic heterocycles. The quantitative estimate of drug-likeness (QED) is 0.528. The highest BCUT2D eigenvalue weighted by Gasteiger charge is 2.37. The SMILES string of the molecule is CCOC(=O)c1[nH]c2ccc(OC)cc2c1NC(=O)[C@H](C)N1C[C@@H]2C[C@@H](C1)c1cccc(=O)n1C2. The number of benzene rings is 1. The van der Waals surface area contributed by atoms with Gasteiger partial charge in [-0.15, -0.1) is 0 Å². The van der Waals surface area contributed by atoms with E-state index < -0.39 is 12.0 Å². The summed E-state index contributed by atoms with van der Waals surface area (Å²) in [6.07, 6.45) is 1.02. The number of nitrogens with zero attached hydrogens (tertiary/aromatic N) is 2. The largest absolute Gasteiger partial charge is 0.497 e. The number of anilines is 1. The first-order valence-corrected chi connectivity index (χ1v) is 12.0. The van der Waals surface area contributed by atoms with Crippen molar-refractivity contribution in [1.29, 1.82) is 0 Å². The standard InChI is InChI=1S/C26H30N4O5/c1-4-35-26(33)24-23(19-11-18(34-3)8-9-20(19)27-24)28-25(32)15(2)29-12-16-10-17(14-29)21-6-5-7-22(31)30(21)13-16/h5-9,11,15-17,27H,4,10,12-14H2,1-3H3,(H,28,32)/t15-,16-,17-/m0/s1. The van der Waals surface area contributed by atoms with Gasteiger partial charge in [-0.05, 0) is 50.5 Å². The Morgan fingerprint density at radius 2 is 2.03 bits per heavy atom. The van der Waals surface area contributed by atoms with E-state index in [0.717, 1.165) is 18.7 Å². The molecule has 1 amide bonds. The summed E-state index contributed by atoms with van der Waals surface area (Å²) in [6, 6.07) is 10.4. The summed E-state index contributed by atoms with van der Waals surface area (Å²) in [6.45, 7) is 5.95. The number of aromatic amines is 1. The zero-order valence-electron chi connectivity index (χ0n) is 20.2. The predicted octanol–water partition coefficient (Wildman–Crippen LogP) is 2.96. The van der Waals surface area contributed by atoms with Crippen LogP contribution in [0.15, 0.2) is 41.2 Å². The third-order valence-corrected chi connectivity index (χ3v) is 7.17. The van der Waals surface area contributed by atoms with E-state index >= 15 is 0 Å². The smallest absolute Gasteiger partial charge is 0.356 e.